The summed E-state index contributed by atoms with van der Waals surface area (Å²) in [7, 11) is 0. The van der Waals surface area contributed by atoms with Crippen LogP contribution in [-0.2, 0) is 6.42 Å². The molecule has 0 amide bonds. The van der Waals surface area contributed by atoms with Gasteiger partial charge < -0.3 is 0 Å². The first-order valence-corrected chi connectivity index (χ1v) is 4.18. The van der Waals surface area contributed by atoms with Gasteiger partial charge in [-0.25, -0.2) is 4.98 Å². The Kier molecular flexibility index (Phi) is 1.73. The molecule has 0 fully saturated rings. The van der Waals surface area contributed by atoms with Crippen molar-refractivity contribution in [2.45, 2.75) is 13.3 Å². The molecule has 3 nitrogen and oxygen atoms in total. The van der Waals surface area contributed by atoms with Crippen molar-refractivity contribution in [3.8, 4) is 0 Å². The second-order valence-electron chi connectivity index (χ2n) is 2.54. The summed E-state index contributed by atoms with van der Waals surface area (Å²) in [5.41, 5.74) is 1.74. The number of nitrogens with one attached hydrogen (secondary N) is 1. The smallest absolute Gasteiger partial charge is 0.156 e. The van der Waals surface area contributed by atoms with Crippen molar-refractivity contribution in [1.29, 1.82) is 0 Å². The predicted octanol–water partition coefficient (Wildman–Crippen LogP) is 2.17. The number of aromatic nitrogens is 3. The lowest BCUT2D eigenvalue weighted by molar-refractivity contribution is 0.983. The number of halogens is 1. The van der Waals surface area contributed by atoms with Crippen molar-refractivity contribution < 1.29 is 0 Å². The summed E-state index contributed by atoms with van der Waals surface area (Å²) in [6.45, 7) is 2.04. The van der Waals surface area contributed by atoms with Gasteiger partial charge in [-0.2, -0.15) is 5.10 Å². The van der Waals surface area contributed by atoms with Crippen LogP contribution in [0, 0.1) is 0 Å². The summed E-state index contributed by atoms with van der Waals surface area (Å²) in [6, 6.07) is 1.78. The van der Waals surface area contributed by atoms with E-state index in [-0.39, 0.29) is 0 Å². The maximum atomic E-state index is 5.98. The van der Waals surface area contributed by atoms with E-state index < -0.39 is 0 Å². The second-order valence-corrected chi connectivity index (χ2v) is 2.95. The molecular weight excluding hydrogens is 174 g/mol. The molecule has 2 aromatic rings. The van der Waals surface area contributed by atoms with Crippen LogP contribution in [-0.4, -0.2) is 15.2 Å². The van der Waals surface area contributed by atoms with Crippen LogP contribution in [0.4, 0.5) is 0 Å². The number of nitrogens with zero attached hydrogens (tertiary/aromatic N) is 2. The summed E-state index contributed by atoms with van der Waals surface area (Å²) < 4.78 is 0. The molecule has 0 aliphatic rings. The zero-order chi connectivity index (χ0) is 8.55. The maximum Gasteiger partial charge on any atom is 0.156 e. The minimum atomic E-state index is 0.714. The zero-order valence-corrected chi connectivity index (χ0v) is 7.39. The van der Waals surface area contributed by atoms with E-state index in [9.17, 15) is 0 Å². The lowest BCUT2D eigenvalue weighted by Crippen LogP contribution is -1.80. The maximum absolute atomic E-state index is 5.98. The largest absolute Gasteiger partial charge is 0.260 e. The molecule has 2 rings (SSSR count). The molecule has 1 N–H and O–H groups in total. The average molecular weight is 182 g/mol. The number of H-pyrrole nitrogens is 1. The number of fused-ring (bicyclic) bond motifs is 1. The molecule has 0 saturated heterocycles. The van der Waals surface area contributed by atoms with Crippen LogP contribution in [0.1, 0.15) is 12.6 Å². The first kappa shape index (κ1) is 7.55. The molecule has 0 aliphatic carbocycles. The minimum absolute atomic E-state index is 0.714. The van der Waals surface area contributed by atoms with Crippen LogP contribution in [0.2, 0.25) is 5.02 Å². The fourth-order valence-corrected chi connectivity index (χ4v) is 1.48. The second kappa shape index (κ2) is 2.75. The van der Waals surface area contributed by atoms with E-state index in [2.05, 4.69) is 15.2 Å². The van der Waals surface area contributed by atoms with Gasteiger partial charge >= 0.3 is 0 Å². The van der Waals surface area contributed by atoms with Gasteiger partial charge in [-0.15, -0.1) is 0 Å². The summed E-state index contributed by atoms with van der Waals surface area (Å²) in [6.07, 6.45) is 2.54. The Morgan fingerprint density at radius 2 is 2.42 bits per heavy atom. The highest BCUT2D eigenvalue weighted by molar-refractivity contribution is 6.35. The average Bonchev–Trinajstić information content (AvgIpc) is 2.49. The summed E-state index contributed by atoms with van der Waals surface area (Å²) in [5.74, 6) is 0. The summed E-state index contributed by atoms with van der Waals surface area (Å²) in [5, 5.41) is 8.60. The molecule has 0 bridgehead atoms. The third-order valence-corrected chi connectivity index (χ3v) is 2.14. The molecule has 62 valence electrons. The van der Waals surface area contributed by atoms with Gasteiger partial charge in [0.15, 0.2) is 5.65 Å². The van der Waals surface area contributed by atoms with Gasteiger partial charge in [-0.3, -0.25) is 5.10 Å². The SMILES string of the molecule is CCc1n[nH]c2nccc(Cl)c12. The molecule has 0 radical (unpaired) electrons. The Morgan fingerprint density at radius 3 is 3.17 bits per heavy atom. The normalized spacial score (nSPS) is 10.8. The molecule has 0 spiro atoms. The Balaban J connectivity index is 2.83. The predicted molar refractivity (Wildman–Crippen MR) is 48.3 cm³/mol. The highest BCUT2D eigenvalue weighted by Crippen LogP contribution is 2.22. The van der Waals surface area contributed by atoms with E-state index in [0.717, 1.165) is 23.1 Å². The minimum Gasteiger partial charge on any atom is -0.260 e. The van der Waals surface area contributed by atoms with E-state index in [1.165, 1.54) is 0 Å². The Morgan fingerprint density at radius 1 is 1.58 bits per heavy atom. The number of hydrogen-bond acceptors (Lipinski definition) is 2. The van der Waals surface area contributed by atoms with Crippen molar-refractivity contribution >= 4 is 22.6 Å². The van der Waals surface area contributed by atoms with Gasteiger partial charge in [0, 0.05) is 6.20 Å². The lowest BCUT2D eigenvalue weighted by Gasteiger charge is -1.92. The number of aryl methyl sites for hydroxylation is 1. The van der Waals surface area contributed by atoms with E-state index in [1.54, 1.807) is 12.3 Å². The molecular formula is C8H8ClN3. The van der Waals surface area contributed by atoms with Gasteiger partial charge in [0.25, 0.3) is 0 Å². The fourth-order valence-electron chi connectivity index (χ4n) is 1.23. The first-order valence-electron chi connectivity index (χ1n) is 3.80. The number of hydrogen-bond donors (Lipinski definition) is 1. The highest BCUT2D eigenvalue weighted by atomic mass is 35.5. The number of rotatable bonds is 1. The lowest BCUT2D eigenvalue weighted by atomic mass is 10.2. The molecule has 0 saturated carbocycles. The van der Waals surface area contributed by atoms with Crippen molar-refractivity contribution in [2.24, 2.45) is 0 Å². The van der Waals surface area contributed by atoms with Gasteiger partial charge in [-0.05, 0) is 12.5 Å². The topological polar surface area (TPSA) is 41.6 Å². The Bertz CT molecular complexity index is 408. The van der Waals surface area contributed by atoms with Crippen molar-refractivity contribution in [3.05, 3.63) is 23.0 Å². The molecule has 2 heterocycles. The quantitative estimate of drug-likeness (QED) is 0.733. The highest BCUT2D eigenvalue weighted by Gasteiger charge is 2.07. The Labute approximate surface area is 74.8 Å². The Hall–Kier alpha value is -1.09. The van der Waals surface area contributed by atoms with Gasteiger partial charge in [-0.1, -0.05) is 18.5 Å². The van der Waals surface area contributed by atoms with Gasteiger partial charge in [0.05, 0.1) is 16.1 Å². The molecule has 2 aromatic heterocycles. The standard InChI is InChI=1S/C8H8ClN3/c1-2-6-7-5(9)3-4-10-8(7)12-11-6/h3-4H,2H2,1H3,(H,10,11,12). The van der Waals surface area contributed by atoms with E-state index in [0.29, 0.717) is 5.02 Å². The summed E-state index contributed by atoms with van der Waals surface area (Å²) in [4.78, 5) is 4.11. The van der Waals surface area contributed by atoms with Crippen molar-refractivity contribution in [3.63, 3.8) is 0 Å². The molecule has 0 atom stereocenters. The van der Waals surface area contributed by atoms with Crippen LogP contribution in [0.5, 0.6) is 0 Å². The van der Waals surface area contributed by atoms with E-state index in [1.807, 2.05) is 6.92 Å². The molecule has 0 aromatic carbocycles. The fraction of sp³-hybridized carbons (Fsp3) is 0.250. The monoisotopic (exact) mass is 181 g/mol. The van der Waals surface area contributed by atoms with Crippen molar-refractivity contribution in [2.75, 3.05) is 0 Å². The third kappa shape index (κ3) is 0.975. The van der Waals surface area contributed by atoms with Crippen LogP contribution >= 0.6 is 11.6 Å². The van der Waals surface area contributed by atoms with Crippen LogP contribution in [0.25, 0.3) is 11.0 Å². The number of pyridine rings is 1. The van der Waals surface area contributed by atoms with Crippen LogP contribution < -0.4 is 0 Å². The molecule has 12 heavy (non-hydrogen) atoms. The van der Waals surface area contributed by atoms with Gasteiger partial charge in [0.1, 0.15) is 0 Å². The zero-order valence-electron chi connectivity index (χ0n) is 6.63. The third-order valence-electron chi connectivity index (χ3n) is 1.82. The molecule has 0 unspecified atom stereocenters. The van der Waals surface area contributed by atoms with Crippen molar-refractivity contribution in [1.82, 2.24) is 15.2 Å². The first-order chi connectivity index (χ1) is 5.83. The van der Waals surface area contributed by atoms with Gasteiger partial charge in [0.2, 0.25) is 0 Å². The van der Waals surface area contributed by atoms with Crippen LogP contribution in [0.15, 0.2) is 12.3 Å². The number of aromatic amines is 1. The van der Waals surface area contributed by atoms with E-state index in [4.69, 9.17) is 11.6 Å². The molecule has 4 heteroatoms. The molecule has 0 aliphatic heterocycles. The van der Waals surface area contributed by atoms with E-state index >= 15 is 0 Å². The summed E-state index contributed by atoms with van der Waals surface area (Å²) >= 11 is 5.98. The van der Waals surface area contributed by atoms with Crippen LogP contribution in [0.3, 0.4) is 0 Å².